The van der Waals surface area contributed by atoms with Crippen molar-refractivity contribution in [2.75, 3.05) is 0 Å². The molecule has 0 N–H and O–H groups in total. The fourth-order valence-electron chi connectivity index (χ4n) is 3.28. The molecule has 144 valence electrons. The van der Waals surface area contributed by atoms with Crippen molar-refractivity contribution in [3.05, 3.63) is 104 Å². The highest BCUT2D eigenvalue weighted by atomic mass is 127. The molecule has 4 rings (SSSR count). The van der Waals surface area contributed by atoms with Gasteiger partial charge in [-0.2, -0.15) is 0 Å². The third kappa shape index (κ3) is 4.27. The number of hydrogen-bond donors (Lipinski definition) is 0. The van der Waals surface area contributed by atoms with Crippen molar-refractivity contribution >= 4 is 55.0 Å². The predicted molar refractivity (Wildman–Crippen MR) is 135 cm³/mol. The highest BCUT2D eigenvalue weighted by Gasteiger charge is 2.25. The summed E-state index contributed by atoms with van der Waals surface area (Å²) >= 11 is 4.43. The quantitative estimate of drug-likeness (QED) is 0.229. The molecule has 0 saturated heterocycles. The van der Waals surface area contributed by atoms with Gasteiger partial charge in [0.15, 0.2) is 0 Å². The summed E-state index contributed by atoms with van der Waals surface area (Å²) in [7, 11) is -3.74. The fourth-order valence-corrected chi connectivity index (χ4v) is 5.92. The minimum absolute atomic E-state index is 0.322. The Morgan fingerprint density at radius 2 is 0.897 bits per heavy atom. The van der Waals surface area contributed by atoms with Gasteiger partial charge in [-0.25, -0.2) is 8.42 Å². The smallest absolute Gasteiger partial charge is 0.207 e. The zero-order valence-corrected chi connectivity index (χ0v) is 20.3. The van der Waals surface area contributed by atoms with E-state index in [4.69, 9.17) is 0 Å². The van der Waals surface area contributed by atoms with Crippen LogP contribution in [0.15, 0.2) is 107 Å². The van der Waals surface area contributed by atoms with E-state index < -0.39 is 9.84 Å². The molecule has 0 saturated carbocycles. The van der Waals surface area contributed by atoms with Crippen molar-refractivity contribution in [1.29, 1.82) is 0 Å². The van der Waals surface area contributed by atoms with Crippen molar-refractivity contribution < 1.29 is 8.42 Å². The molecule has 0 atom stereocenters. The van der Waals surface area contributed by atoms with Gasteiger partial charge in [0.2, 0.25) is 9.84 Å². The molecule has 0 aromatic heterocycles. The van der Waals surface area contributed by atoms with Crippen LogP contribution in [0.3, 0.4) is 0 Å². The van der Waals surface area contributed by atoms with E-state index in [1.807, 2.05) is 84.9 Å². The summed E-state index contributed by atoms with van der Waals surface area (Å²) in [6.07, 6.45) is 0. The van der Waals surface area contributed by atoms with E-state index in [9.17, 15) is 8.42 Å². The summed E-state index contributed by atoms with van der Waals surface area (Å²) < 4.78 is 29.7. The Morgan fingerprint density at radius 3 is 1.28 bits per heavy atom. The largest absolute Gasteiger partial charge is 0.218 e. The maximum atomic E-state index is 13.8. The van der Waals surface area contributed by atoms with Gasteiger partial charge in [0.25, 0.3) is 0 Å². The minimum atomic E-state index is -3.74. The van der Waals surface area contributed by atoms with Crippen LogP contribution in [0.2, 0.25) is 0 Å². The third-order valence-electron chi connectivity index (χ3n) is 4.63. The topological polar surface area (TPSA) is 34.1 Å². The molecule has 0 bridgehead atoms. The standard InChI is InChI=1S/C24H16I2O2S/c25-19-11-13-23(21(15-19)17-7-3-1-4-8-17)29(27,28)24-14-12-20(26)16-22(24)18-9-5-2-6-10-18/h1-16H. The summed E-state index contributed by atoms with van der Waals surface area (Å²) in [6, 6.07) is 30.3. The first-order valence-electron chi connectivity index (χ1n) is 8.92. The molecule has 0 aliphatic rings. The van der Waals surface area contributed by atoms with Crippen LogP contribution < -0.4 is 0 Å². The van der Waals surface area contributed by atoms with E-state index in [0.29, 0.717) is 9.79 Å². The molecule has 5 heteroatoms. The zero-order chi connectivity index (χ0) is 20.4. The molecule has 0 heterocycles. The summed E-state index contributed by atoms with van der Waals surface area (Å²) in [6.45, 7) is 0. The van der Waals surface area contributed by atoms with E-state index >= 15 is 0 Å². The molecule has 0 unspecified atom stereocenters. The maximum absolute atomic E-state index is 13.8. The van der Waals surface area contributed by atoms with Gasteiger partial charge in [-0.05, 0) is 92.7 Å². The van der Waals surface area contributed by atoms with E-state index in [-0.39, 0.29) is 0 Å². The minimum Gasteiger partial charge on any atom is -0.218 e. The third-order valence-corrected chi connectivity index (χ3v) is 7.84. The highest BCUT2D eigenvalue weighted by Crippen LogP contribution is 2.37. The van der Waals surface area contributed by atoms with Crippen LogP contribution in [0, 0.1) is 7.14 Å². The summed E-state index contributed by atoms with van der Waals surface area (Å²) in [5, 5.41) is 0. The normalized spacial score (nSPS) is 11.4. The van der Waals surface area contributed by atoms with Gasteiger partial charge in [0, 0.05) is 18.3 Å². The molecule has 29 heavy (non-hydrogen) atoms. The van der Waals surface area contributed by atoms with Crippen LogP contribution in [0.5, 0.6) is 0 Å². The SMILES string of the molecule is O=S(=O)(c1ccc(I)cc1-c1ccccc1)c1ccc(I)cc1-c1ccccc1. The first kappa shape index (κ1) is 20.6. The Hall–Kier alpha value is -1.71. The summed E-state index contributed by atoms with van der Waals surface area (Å²) in [4.78, 5) is 0.644. The first-order chi connectivity index (χ1) is 14.0. The molecule has 0 fully saturated rings. The molecule has 4 aromatic rings. The van der Waals surface area contributed by atoms with Gasteiger partial charge >= 0.3 is 0 Å². The first-order valence-corrected chi connectivity index (χ1v) is 12.6. The van der Waals surface area contributed by atoms with Crippen molar-refractivity contribution in [2.24, 2.45) is 0 Å². The van der Waals surface area contributed by atoms with E-state index in [0.717, 1.165) is 29.4 Å². The number of hydrogen-bond acceptors (Lipinski definition) is 2. The van der Waals surface area contributed by atoms with Crippen LogP contribution in [0.25, 0.3) is 22.3 Å². The van der Waals surface area contributed by atoms with Gasteiger partial charge in [-0.3, -0.25) is 0 Å². The molecule has 2 nitrogen and oxygen atoms in total. The second-order valence-corrected chi connectivity index (χ2v) is 10.9. The Balaban J connectivity index is 1.97. The second kappa shape index (κ2) is 8.57. The molecule has 0 spiro atoms. The number of benzene rings is 4. The molecule has 0 amide bonds. The average Bonchev–Trinajstić information content (AvgIpc) is 2.74. The van der Waals surface area contributed by atoms with Gasteiger partial charge < -0.3 is 0 Å². The van der Waals surface area contributed by atoms with Crippen molar-refractivity contribution in [2.45, 2.75) is 9.79 Å². The number of halogens is 2. The van der Waals surface area contributed by atoms with Crippen LogP contribution in [0.4, 0.5) is 0 Å². The van der Waals surface area contributed by atoms with Gasteiger partial charge in [0.05, 0.1) is 9.79 Å². The lowest BCUT2D eigenvalue weighted by Crippen LogP contribution is -2.06. The van der Waals surface area contributed by atoms with Gasteiger partial charge in [0.1, 0.15) is 0 Å². The van der Waals surface area contributed by atoms with Gasteiger partial charge in [-0.15, -0.1) is 0 Å². The Kier molecular flexibility index (Phi) is 6.08. The second-order valence-electron chi connectivity index (χ2n) is 6.52. The maximum Gasteiger partial charge on any atom is 0.207 e. The lowest BCUT2D eigenvalue weighted by Gasteiger charge is -2.15. The summed E-state index contributed by atoms with van der Waals surface area (Å²) in [5.74, 6) is 0. The molecular formula is C24H16I2O2S. The van der Waals surface area contributed by atoms with Crippen molar-refractivity contribution in [3.8, 4) is 22.3 Å². The molecule has 0 aliphatic carbocycles. The average molecular weight is 622 g/mol. The summed E-state index contributed by atoms with van der Waals surface area (Å²) in [5.41, 5.74) is 3.21. The molecule has 4 aromatic carbocycles. The Labute approximate surface area is 198 Å². The van der Waals surface area contributed by atoms with Crippen molar-refractivity contribution in [3.63, 3.8) is 0 Å². The molecule has 0 radical (unpaired) electrons. The fraction of sp³-hybridized carbons (Fsp3) is 0. The predicted octanol–water partition coefficient (Wildman–Crippen LogP) is 7.06. The number of sulfone groups is 1. The molecule has 0 aliphatic heterocycles. The number of rotatable bonds is 4. The lowest BCUT2D eigenvalue weighted by molar-refractivity contribution is 0.596. The van der Waals surface area contributed by atoms with E-state index in [1.165, 1.54) is 0 Å². The van der Waals surface area contributed by atoms with Crippen LogP contribution in [0.1, 0.15) is 0 Å². The lowest BCUT2D eigenvalue weighted by atomic mass is 10.1. The van der Waals surface area contributed by atoms with Crippen LogP contribution >= 0.6 is 45.2 Å². The van der Waals surface area contributed by atoms with Crippen LogP contribution in [-0.2, 0) is 9.84 Å². The Bertz CT molecular complexity index is 1170. The van der Waals surface area contributed by atoms with Crippen molar-refractivity contribution in [1.82, 2.24) is 0 Å². The molecular weight excluding hydrogens is 606 g/mol. The monoisotopic (exact) mass is 622 g/mol. The van der Waals surface area contributed by atoms with E-state index in [2.05, 4.69) is 45.2 Å². The Morgan fingerprint density at radius 1 is 0.517 bits per heavy atom. The van der Waals surface area contributed by atoms with Crippen LogP contribution in [-0.4, -0.2) is 8.42 Å². The van der Waals surface area contributed by atoms with Gasteiger partial charge in [-0.1, -0.05) is 60.7 Å². The zero-order valence-electron chi connectivity index (χ0n) is 15.2. The van der Waals surface area contributed by atoms with E-state index in [1.54, 1.807) is 12.1 Å². The highest BCUT2D eigenvalue weighted by molar-refractivity contribution is 14.1.